The largest absolute Gasteiger partial charge is 0.491 e. The van der Waals surface area contributed by atoms with Crippen LogP contribution in [0.5, 0.6) is 5.75 Å². The highest BCUT2D eigenvalue weighted by Gasteiger charge is 2.16. The van der Waals surface area contributed by atoms with Crippen LogP contribution in [0.25, 0.3) is 0 Å². The molecule has 0 radical (unpaired) electrons. The van der Waals surface area contributed by atoms with Gasteiger partial charge in [0, 0.05) is 32.7 Å². The average molecular weight is 507 g/mol. The molecule has 0 aromatic heterocycles. The Balaban J connectivity index is 0.00000512. The van der Waals surface area contributed by atoms with Crippen molar-refractivity contribution in [3.8, 4) is 5.75 Å². The second-order valence-corrected chi connectivity index (χ2v) is 8.41. The van der Waals surface area contributed by atoms with E-state index in [4.69, 9.17) is 9.47 Å². The van der Waals surface area contributed by atoms with Gasteiger partial charge in [-0.15, -0.1) is 24.8 Å². The van der Waals surface area contributed by atoms with E-state index in [-0.39, 0.29) is 24.8 Å². The monoisotopic (exact) mass is 505 g/mol. The molecule has 2 rings (SSSR count). The summed E-state index contributed by atoms with van der Waals surface area (Å²) in [5.41, 5.74) is 0.668. The van der Waals surface area contributed by atoms with Crippen molar-refractivity contribution >= 4 is 36.6 Å². The van der Waals surface area contributed by atoms with Gasteiger partial charge in [0.25, 0.3) is 0 Å². The van der Waals surface area contributed by atoms with Crippen LogP contribution in [0.2, 0.25) is 0 Å². The molecular weight excluding hydrogens is 461 g/mol. The van der Waals surface area contributed by atoms with Crippen molar-refractivity contribution in [2.75, 3.05) is 57.8 Å². The number of carbonyl (C=O) groups excluding carboxylic acids is 1. The molecule has 6 nitrogen and oxygen atoms in total. The van der Waals surface area contributed by atoms with Crippen LogP contribution in [0.15, 0.2) is 24.3 Å². The van der Waals surface area contributed by atoms with Crippen LogP contribution >= 0.6 is 24.8 Å². The predicted molar refractivity (Wildman–Crippen MR) is 143 cm³/mol. The van der Waals surface area contributed by atoms with Crippen LogP contribution in [0.4, 0.5) is 10.5 Å². The molecule has 33 heavy (non-hydrogen) atoms. The molecule has 1 amide bonds. The molecule has 1 fully saturated rings. The second kappa shape index (κ2) is 20.2. The number of hydrogen-bond acceptors (Lipinski definition) is 5. The lowest BCUT2D eigenvalue weighted by Crippen LogP contribution is -2.47. The summed E-state index contributed by atoms with van der Waals surface area (Å²) in [6.07, 6.45) is 9.44. The minimum Gasteiger partial charge on any atom is -0.491 e. The van der Waals surface area contributed by atoms with Crippen molar-refractivity contribution in [3.63, 3.8) is 0 Å². The Morgan fingerprint density at radius 1 is 0.818 bits per heavy atom. The molecule has 1 N–H and O–H groups in total. The smallest absolute Gasteiger partial charge is 0.411 e. The number of para-hydroxylation sites is 2. The Morgan fingerprint density at radius 2 is 1.42 bits per heavy atom. The summed E-state index contributed by atoms with van der Waals surface area (Å²) >= 11 is 0. The molecular formula is C25H45Cl2N3O3. The van der Waals surface area contributed by atoms with Gasteiger partial charge in [-0.05, 0) is 31.5 Å². The lowest BCUT2D eigenvalue weighted by molar-refractivity contribution is 0.0997. The minimum atomic E-state index is -0.419. The highest BCUT2D eigenvalue weighted by molar-refractivity contribution is 5.86. The van der Waals surface area contributed by atoms with Gasteiger partial charge in [0.1, 0.15) is 12.4 Å². The lowest BCUT2D eigenvalue weighted by atomic mass is 10.2. The Labute approximate surface area is 213 Å². The Bertz CT molecular complexity index is 614. The first kappa shape index (κ1) is 31.8. The summed E-state index contributed by atoms with van der Waals surface area (Å²) in [4.78, 5) is 17.2. The van der Waals surface area contributed by atoms with Gasteiger partial charge in [-0.1, -0.05) is 64.5 Å². The number of benzene rings is 1. The van der Waals surface area contributed by atoms with E-state index in [1.165, 1.54) is 51.5 Å². The molecule has 0 unspecified atom stereocenters. The zero-order chi connectivity index (χ0) is 22.2. The Hall–Kier alpha value is -1.21. The minimum absolute atomic E-state index is 0. The Kier molecular flexibility index (Phi) is 19.4. The molecule has 1 heterocycles. The van der Waals surface area contributed by atoms with Crippen LogP contribution in [0.1, 0.15) is 65.2 Å². The molecule has 0 saturated carbocycles. The number of ether oxygens (including phenoxy) is 2. The first-order chi connectivity index (χ1) is 15.2. The summed E-state index contributed by atoms with van der Waals surface area (Å²) in [6.45, 7) is 11.8. The van der Waals surface area contributed by atoms with Crippen LogP contribution < -0.4 is 10.1 Å². The summed E-state index contributed by atoms with van der Waals surface area (Å²) in [5.74, 6) is 0.703. The van der Waals surface area contributed by atoms with E-state index in [1.54, 1.807) is 0 Å². The topological polar surface area (TPSA) is 54.0 Å². The van der Waals surface area contributed by atoms with Gasteiger partial charge >= 0.3 is 6.09 Å². The maximum Gasteiger partial charge on any atom is 0.411 e. The van der Waals surface area contributed by atoms with E-state index < -0.39 is 6.09 Å². The van der Waals surface area contributed by atoms with E-state index in [0.29, 0.717) is 24.7 Å². The van der Waals surface area contributed by atoms with Crippen molar-refractivity contribution in [2.24, 2.45) is 0 Å². The van der Waals surface area contributed by atoms with E-state index >= 15 is 0 Å². The Morgan fingerprint density at radius 3 is 2.12 bits per heavy atom. The van der Waals surface area contributed by atoms with Crippen molar-refractivity contribution in [2.45, 2.75) is 65.2 Å². The quantitative estimate of drug-likeness (QED) is 0.286. The molecule has 192 valence electrons. The molecule has 0 spiro atoms. The highest BCUT2D eigenvalue weighted by Crippen LogP contribution is 2.24. The number of rotatable bonds is 15. The van der Waals surface area contributed by atoms with E-state index in [9.17, 15) is 4.79 Å². The van der Waals surface area contributed by atoms with Gasteiger partial charge in [-0.2, -0.15) is 0 Å². The normalized spacial score (nSPS) is 14.1. The van der Waals surface area contributed by atoms with E-state index in [2.05, 4.69) is 29.0 Å². The number of amides is 1. The molecule has 0 atom stereocenters. The van der Waals surface area contributed by atoms with Crippen LogP contribution in [0.3, 0.4) is 0 Å². The molecule has 0 bridgehead atoms. The van der Waals surface area contributed by atoms with Crippen molar-refractivity contribution in [3.05, 3.63) is 24.3 Å². The van der Waals surface area contributed by atoms with Crippen LogP contribution in [0, 0.1) is 0 Å². The molecule has 1 saturated heterocycles. The summed E-state index contributed by atoms with van der Waals surface area (Å²) in [7, 11) is 0. The fourth-order valence-corrected chi connectivity index (χ4v) is 3.82. The van der Waals surface area contributed by atoms with Crippen molar-refractivity contribution in [1.29, 1.82) is 0 Å². The standard InChI is InChI=1S/C25H43N3O3.2ClH/c1-3-5-7-8-12-21-30-24-14-10-9-13-23(24)26-25(29)31-22-20-28-18-16-27(17-19-28)15-11-6-4-2;;/h9-10,13-14H,3-8,11-12,15-22H2,1-2H3,(H,26,29);2*1H. The molecule has 1 aromatic carbocycles. The van der Waals surface area contributed by atoms with Crippen molar-refractivity contribution in [1.82, 2.24) is 9.80 Å². The number of hydrogen-bond donors (Lipinski definition) is 1. The summed E-state index contributed by atoms with van der Waals surface area (Å²) in [5, 5.41) is 2.83. The number of nitrogens with zero attached hydrogens (tertiary/aromatic N) is 2. The zero-order valence-corrected chi connectivity index (χ0v) is 22.2. The molecule has 1 aliphatic heterocycles. The van der Waals surface area contributed by atoms with Crippen molar-refractivity contribution < 1.29 is 14.3 Å². The lowest BCUT2D eigenvalue weighted by Gasteiger charge is -2.34. The number of carbonyl (C=O) groups is 1. The predicted octanol–water partition coefficient (Wildman–Crippen LogP) is 6.24. The fourth-order valence-electron chi connectivity index (χ4n) is 3.82. The van der Waals surface area contributed by atoms with E-state index in [1.807, 2.05) is 24.3 Å². The SMILES string of the molecule is CCCCCCCOc1ccccc1NC(=O)OCCN1CCN(CCCCC)CC1.Cl.Cl. The summed E-state index contributed by atoms with van der Waals surface area (Å²) < 4.78 is 11.3. The van der Waals surface area contributed by atoms with Gasteiger partial charge in [-0.3, -0.25) is 10.2 Å². The van der Waals surface area contributed by atoms with Gasteiger partial charge in [-0.25, -0.2) is 4.79 Å². The first-order valence-corrected chi connectivity index (χ1v) is 12.3. The number of nitrogens with one attached hydrogen (secondary N) is 1. The first-order valence-electron chi connectivity index (χ1n) is 12.3. The third-order valence-electron chi connectivity index (χ3n) is 5.81. The van der Waals surface area contributed by atoms with Gasteiger partial charge in [0.2, 0.25) is 0 Å². The highest BCUT2D eigenvalue weighted by atomic mass is 35.5. The summed E-state index contributed by atoms with van der Waals surface area (Å²) in [6, 6.07) is 7.56. The van der Waals surface area contributed by atoms with Crippen LogP contribution in [-0.2, 0) is 4.74 Å². The molecule has 1 aliphatic rings. The third-order valence-corrected chi connectivity index (χ3v) is 5.81. The molecule has 0 aliphatic carbocycles. The van der Waals surface area contributed by atoms with Gasteiger partial charge in [0.15, 0.2) is 0 Å². The molecule has 8 heteroatoms. The average Bonchev–Trinajstić information content (AvgIpc) is 2.78. The van der Waals surface area contributed by atoms with Crippen LogP contribution in [-0.4, -0.2) is 68.4 Å². The maximum atomic E-state index is 12.2. The number of unbranched alkanes of at least 4 members (excludes halogenated alkanes) is 6. The number of piperazine rings is 1. The van der Waals surface area contributed by atoms with Gasteiger partial charge in [0.05, 0.1) is 12.3 Å². The van der Waals surface area contributed by atoms with E-state index in [0.717, 1.165) is 39.1 Å². The molecule has 1 aromatic rings. The maximum absolute atomic E-state index is 12.2. The number of anilines is 1. The zero-order valence-electron chi connectivity index (χ0n) is 20.6. The third kappa shape index (κ3) is 13.9. The second-order valence-electron chi connectivity index (χ2n) is 8.41. The fraction of sp³-hybridized carbons (Fsp3) is 0.720. The van der Waals surface area contributed by atoms with Gasteiger partial charge < -0.3 is 14.4 Å². The number of halogens is 2.